The molecule has 0 aliphatic rings. The first kappa shape index (κ1) is 16.9. The fourth-order valence-corrected chi connectivity index (χ4v) is 2.05. The summed E-state index contributed by atoms with van der Waals surface area (Å²) in [5.74, 6) is 0.186. The average molecular weight is 350 g/mol. The summed E-state index contributed by atoms with van der Waals surface area (Å²) in [7, 11) is 0. The maximum Gasteiger partial charge on any atom is 0.387 e. The highest BCUT2D eigenvalue weighted by Crippen LogP contribution is 2.14. The molecule has 0 spiro atoms. The van der Waals surface area contributed by atoms with E-state index in [1.807, 2.05) is 0 Å². The molecule has 0 aliphatic carbocycles. The largest absolute Gasteiger partial charge is 0.435 e. The van der Waals surface area contributed by atoms with Gasteiger partial charge in [-0.15, -0.1) is 0 Å². The van der Waals surface area contributed by atoms with Gasteiger partial charge in [0.1, 0.15) is 5.75 Å². The van der Waals surface area contributed by atoms with E-state index in [0.29, 0.717) is 19.4 Å². The van der Waals surface area contributed by atoms with Gasteiger partial charge >= 0.3 is 6.61 Å². The Kier molecular flexibility index (Phi) is 8.18. The number of nitrogens with one attached hydrogen (secondary N) is 1. The Morgan fingerprint density at radius 2 is 1.95 bits per heavy atom. The molecular weight excluding hydrogens is 332 g/mol. The Labute approximate surface area is 125 Å². The van der Waals surface area contributed by atoms with Crippen molar-refractivity contribution in [3.05, 3.63) is 29.8 Å². The molecule has 1 aromatic carbocycles. The fourth-order valence-electron chi connectivity index (χ4n) is 1.65. The first-order chi connectivity index (χ1) is 9.61. The highest BCUT2D eigenvalue weighted by molar-refractivity contribution is 9.09. The van der Waals surface area contributed by atoms with Crippen LogP contribution in [-0.4, -0.2) is 24.4 Å². The lowest BCUT2D eigenvalue weighted by atomic mass is 10.1. The van der Waals surface area contributed by atoms with Gasteiger partial charge < -0.3 is 10.1 Å². The summed E-state index contributed by atoms with van der Waals surface area (Å²) in [5.41, 5.74) is 0.965. The Bertz CT molecular complexity index is 399. The van der Waals surface area contributed by atoms with Crippen molar-refractivity contribution in [2.75, 3.05) is 11.9 Å². The summed E-state index contributed by atoms with van der Waals surface area (Å²) in [6.45, 7) is -2.26. The van der Waals surface area contributed by atoms with E-state index in [1.54, 1.807) is 12.1 Å². The molecule has 0 atom stereocenters. The number of unbranched alkanes of at least 4 members (excludes halogenated alkanes) is 1. The van der Waals surface area contributed by atoms with E-state index >= 15 is 0 Å². The summed E-state index contributed by atoms with van der Waals surface area (Å²) < 4.78 is 28.2. The summed E-state index contributed by atoms with van der Waals surface area (Å²) in [6.07, 6.45) is 3.06. The van der Waals surface area contributed by atoms with Crippen molar-refractivity contribution < 1.29 is 18.3 Å². The first-order valence-electron chi connectivity index (χ1n) is 6.48. The average Bonchev–Trinajstić information content (AvgIpc) is 2.40. The molecule has 0 aromatic heterocycles. The summed E-state index contributed by atoms with van der Waals surface area (Å²) in [4.78, 5) is 11.5. The molecule has 0 fully saturated rings. The molecule has 112 valence electrons. The standard InChI is InChI=1S/C14H18BrF2NO2/c15-9-2-1-3-13(19)18-10-8-11-4-6-12(7-5-11)20-14(16)17/h4-7,14H,1-3,8-10H2,(H,18,19). The van der Waals surface area contributed by atoms with Gasteiger partial charge in [-0.1, -0.05) is 28.1 Å². The number of amides is 1. The number of carbonyl (C=O) groups is 1. The van der Waals surface area contributed by atoms with E-state index in [1.165, 1.54) is 12.1 Å². The molecule has 6 heteroatoms. The quantitative estimate of drug-likeness (QED) is 0.547. The van der Waals surface area contributed by atoms with Gasteiger partial charge in [0, 0.05) is 18.3 Å². The molecule has 1 amide bonds. The number of alkyl halides is 3. The molecule has 1 rings (SSSR count). The van der Waals surface area contributed by atoms with Crippen LogP contribution in [0.3, 0.4) is 0 Å². The maximum atomic E-state index is 12.0. The minimum atomic E-state index is -2.81. The Morgan fingerprint density at radius 1 is 1.25 bits per heavy atom. The number of benzene rings is 1. The maximum absolute atomic E-state index is 12.0. The minimum Gasteiger partial charge on any atom is -0.435 e. The third-order valence-corrected chi connectivity index (χ3v) is 3.23. The normalized spacial score (nSPS) is 10.6. The first-order valence-corrected chi connectivity index (χ1v) is 7.60. The summed E-state index contributed by atoms with van der Waals surface area (Å²) in [5, 5.41) is 3.74. The van der Waals surface area contributed by atoms with Gasteiger partial charge in [0.2, 0.25) is 5.91 Å². The number of ether oxygens (including phenoxy) is 1. The van der Waals surface area contributed by atoms with E-state index in [-0.39, 0.29) is 11.7 Å². The Balaban J connectivity index is 2.23. The highest BCUT2D eigenvalue weighted by Gasteiger charge is 2.04. The summed E-state index contributed by atoms with van der Waals surface area (Å²) in [6, 6.07) is 6.43. The second-order valence-corrected chi connectivity index (χ2v) is 5.06. The fraction of sp³-hybridized carbons (Fsp3) is 0.500. The zero-order chi connectivity index (χ0) is 14.8. The van der Waals surface area contributed by atoms with Gasteiger partial charge in [0.25, 0.3) is 0 Å². The van der Waals surface area contributed by atoms with Crippen molar-refractivity contribution in [1.29, 1.82) is 0 Å². The second-order valence-electron chi connectivity index (χ2n) is 4.27. The molecule has 0 radical (unpaired) electrons. The molecular formula is C14H18BrF2NO2. The molecule has 0 saturated carbocycles. The lowest BCUT2D eigenvalue weighted by Crippen LogP contribution is -2.25. The predicted molar refractivity (Wildman–Crippen MR) is 77.4 cm³/mol. The van der Waals surface area contributed by atoms with Gasteiger partial charge in [-0.05, 0) is 37.0 Å². The van der Waals surface area contributed by atoms with E-state index in [2.05, 4.69) is 26.0 Å². The molecule has 20 heavy (non-hydrogen) atoms. The number of carbonyl (C=O) groups excluding carboxylic acids is 1. The van der Waals surface area contributed by atoms with E-state index in [9.17, 15) is 13.6 Å². The molecule has 3 nitrogen and oxygen atoms in total. The number of hydrogen-bond donors (Lipinski definition) is 1. The third kappa shape index (κ3) is 7.43. The molecule has 0 bridgehead atoms. The second kappa shape index (κ2) is 9.69. The zero-order valence-electron chi connectivity index (χ0n) is 11.1. The van der Waals surface area contributed by atoms with E-state index < -0.39 is 6.61 Å². The molecule has 0 unspecified atom stereocenters. The topological polar surface area (TPSA) is 38.3 Å². The lowest BCUT2D eigenvalue weighted by molar-refractivity contribution is -0.121. The van der Waals surface area contributed by atoms with Gasteiger partial charge in [0.15, 0.2) is 0 Å². The minimum absolute atomic E-state index is 0.0450. The third-order valence-electron chi connectivity index (χ3n) is 2.67. The Hall–Kier alpha value is -1.17. The molecule has 0 aliphatic heterocycles. The lowest BCUT2D eigenvalue weighted by Gasteiger charge is -2.07. The van der Waals surface area contributed by atoms with Crippen molar-refractivity contribution in [3.63, 3.8) is 0 Å². The van der Waals surface area contributed by atoms with Gasteiger partial charge in [-0.2, -0.15) is 8.78 Å². The van der Waals surface area contributed by atoms with Crippen molar-refractivity contribution >= 4 is 21.8 Å². The SMILES string of the molecule is O=C(CCCCBr)NCCc1ccc(OC(F)F)cc1. The number of rotatable bonds is 9. The van der Waals surface area contributed by atoms with Crippen LogP contribution < -0.4 is 10.1 Å². The monoisotopic (exact) mass is 349 g/mol. The van der Waals surface area contributed by atoms with Crippen LogP contribution in [0.1, 0.15) is 24.8 Å². The molecule has 0 saturated heterocycles. The van der Waals surface area contributed by atoms with Crippen LogP contribution in [0.15, 0.2) is 24.3 Å². The van der Waals surface area contributed by atoms with Crippen LogP contribution in [0.25, 0.3) is 0 Å². The molecule has 1 N–H and O–H groups in total. The van der Waals surface area contributed by atoms with Crippen LogP contribution in [-0.2, 0) is 11.2 Å². The zero-order valence-corrected chi connectivity index (χ0v) is 12.7. The van der Waals surface area contributed by atoms with Crippen molar-refractivity contribution in [3.8, 4) is 5.75 Å². The van der Waals surface area contributed by atoms with Crippen LogP contribution in [0.5, 0.6) is 5.75 Å². The Morgan fingerprint density at radius 3 is 2.55 bits per heavy atom. The van der Waals surface area contributed by atoms with Crippen molar-refractivity contribution in [1.82, 2.24) is 5.32 Å². The van der Waals surface area contributed by atoms with Crippen LogP contribution >= 0.6 is 15.9 Å². The predicted octanol–water partition coefficient (Wildman–Crippen LogP) is 3.51. The molecule has 0 heterocycles. The highest BCUT2D eigenvalue weighted by atomic mass is 79.9. The van der Waals surface area contributed by atoms with Crippen LogP contribution in [0.4, 0.5) is 8.78 Å². The summed E-state index contributed by atoms with van der Waals surface area (Å²) >= 11 is 3.31. The van der Waals surface area contributed by atoms with E-state index in [4.69, 9.17) is 0 Å². The van der Waals surface area contributed by atoms with E-state index in [0.717, 1.165) is 23.7 Å². The van der Waals surface area contributed by atoms with Gasteiger partial charge in [-0.3, -0.25) is 4.79 Å². The van der Waals surface area contributed by atoms with Crippen LogP contribution in [0, 0.1) is 0 Å². The van der Waals surface area contributed by atoms with Crippen molar-refractivity contribution in [2.24, 2.45) is 0 Å². The number of halogens is 3. The van der Waals surface area contributed by atoms with Gasteiger partial charge in [0.05, 0.1) is 0 Å². The van der Waals surface area contributed by atoms with Crippen LogP contribution in [0.2, 0.25) is 0 Å². The smallest absolute Gasteiger partial charge is 0.387 e. The van der Waals surface area contributed by atoms with Crippen molar-refractivity contribution in [2.45, 2.75) is 32.3 Å². The van der Waals surface area contributed by atoms with Gasteiger partial charge in [-0.25, -0.2) is 0 Å². The molecule has 1 aromatic rings. The number of hydrogen-bond acceptors (Lipinski definition) is 2.